The van der Waals surface area contributed by atoms with Gasteiger partial charge in [-0.2, -0.15) is 0 Å². The summed E-state index contributed by atoms with van der Waals surface area (Å²) in [5.74, 6) is 0.479. The number of hydrogen-bond acceptors (Lipinski definition) is 4. The maximum absolute atomic E-state index is 12.5. The van der Waals surface area contributed by atoms with Crippen LogP contribution in [0.15, 0.2) is 36.4 Å². The maximum atomic E-state index is 12.5. The number of hydrogen-bond donors (Lipinski definition) is 3. The highest BCUT2D eigenvalue weighted by Crippen LogP contribution is 2.44. The second-order valence-electron chi connectivity index (χ2n) is 7.39. The number of nitrogens with zero attached hydrogens (tertiary/aromatic N) is 1. The number of aliphatic hydroxyl groups is 1. The fourth-order valence-corrected chi connectivity index (χ4v) is 4.32. The van der Waals surface area contributed by atoms with Crippen molar-refractivity contribution in [2.24, 2.45) is 11.8 Å². The van der Waals surface area contributed by atoms with Crippen LogP contribution in [0.25, 0.3) is 10.9 Å². The van der Waals surface area contributed by atoms with Crippen molar-refractivity contribution in [1.82, 2.24) is 15.6 Å². The quantitative estimate of drug-likeness (QED) is 0.762. The van der Waals surface area contributed by atoms with E-state index in [9.17, 15) is 14.7 Å². The van der Waals surface area contributed by atoms with E-state index in [1.165, 1.54) is 12.8 Å². The SMILES string of the molecule is O=C(N[C@@H](CO)C(=O)NC1CC2CCC1C2)c1ccc2ccccc2n1. The van der Waals surface area contributed by atoms with Crippen LogP contribution < -0.4 is 10.6 Å². The van der Waals surface area contributed by atoms with Gasteiger partial charge in [0, 0.05) is 11.4 Å². The number of fused-ring (bicyclic) bond motifs is 3. The van der Waals surface area contributed by atoms with Crippen molar-refractivity contribution in [2.75, 3.05) is 6.61 Å². The third-order valence-electron chi connectivity index (χ3n) is 5.70. The topological polar surface area (TPSA) is 91.3 Å². The number of aromatic nitrogens is 1. The van der Waals surface area contributed by atoms with Gasteiger partial charge in [0.2, 0.25) is 5.91 Å². The van der Waals surface area contributed by atoms with Crippen molar-refractivity contribution >= 4 is 22.7 Å². The first kappa shape index (κ1) is 17.0. The van der Waals surface area contributed by atoms with Crippen molar-refractivity contribution < 1.29 is 14.7 Å². The Bertz CT molecular complexity index is 838. The van der Waals surface area contributed by atoms with Crippen LogP contribution in [0.4, 0.5) is 0 Å². The second kappa shape index (κ2) is 7.03. The summed E-state index contributed by atoms with van der Waals surface area (Å²) in [6.07, 6.45) is 4.61. The van der Waals surface area contributed by atoms with Crippen LogP contribution in [0.2, 0.25) is 0 Å². The average Bonchev–Trinajstić information content (AvgIpc) is 3.28. The molecule has 2 aliphatic rings. The van der Waals surface area contributed by atoms with Crippen molar-refractivity contribution in [3.8, 4) is 0 Å². The smallest absolute Gasteiger partial charge is 0.270 e. The lowest BCUT2D eigenvalue weighted by Crippen LogP contribution is -2.52. The first-order chi connectivity index (χ1) is 12.6. The molecular weight excluding hydrogens is 330 g/mol. The van der Waals surface area contributed by atoms with Gasteiger partial charge >= 0.3 is 0 Å². The standard InChI is InChI=1S/C20H23N3O3/c24-11-18(20(26)22-17-10-12-5-6-14(17)9-12)23-19(25)16-8-7-13-3-1-2-4-15(13)21-16/h1-4,7-8,12,14,17-18,24H,5-6,9-11H2,(H,22,26)(H,23,25)/t12?,14?,17?,18-/m0/s1. The fraction of sp³-hybridized carbons (Fsp3) is 0.450. The van der Waals surface area contributed by atoms with Crippen LogP contribution >= 0.6 is 0 Å². The molecule has 2 aliphatic carbocycles. The second-order valence-corrected chi connectivity index (χ2v) is 7.39. The third-order valence-corrected chi connectivity index (χ3v) is 5.70. The van der Waals surface area contributed by atoms with Crippen molar-refractivity contribution in [3.05, 3.63) is 42.1 Å². The summed E-state index contributed by atoms with van der Waals surface area (Å²) in [7, 11) is 0. The van der Waals surface area contributed by atoms with Gasteiger partial charge in [-0.1, -0.05) is 30.7 Å². The minimum absolute atomic E-state index is 0.172. The van der Waals surface area contributed by atoms with E-state index in [4.69, 9.17) is 0 Å². The molecule has 6 heteroatoms. The number of benzene rings is 1. The third kappa shape index (κ3) is 3.29. The van der Waals surface area contributed by atoms with Gasteiger partial charge in [0.1, 0.15) is 11.7 Å². The zero-order chi connectivity index (χ0) is 18.1. The van der Waals surface area contributed by atoms with E-state index in [0.29, 0.717) is 17.4 Å². The first-order valence-electron chi connectivity index (χ1n) is 9.22. The van der Waals surface area contributed by atoms with Gasteiger partial charge in [-0.15, -0.1) is 0 Å². The molecule has 26 heavy (non-hydrogen) atoms. The molecule has 0 saturated heterocycles. The monoisotopic (exact) mass is 353 g/mol. The van der Waals surface area contributed by atoms with Crippen molar-refractivity contribution in [2.45, 2.75) is 37.8 Å². The molecule has 3 N–H and O–H groups in total. The summed E-state index contributed by atoms with van der Waals surface area (Å²) >= 11 is 0. The molecular formula is C20H23N3O3. The summed E-state index contributed by atoms with van der Waals surface area (Å²) in [4.78, 5) is 29.3. The summed E-state index contributed by atoms with van der Waals surface area (Å²) in [5, 5.41) is 16.1. The van der Waals surface area contributed by atoms with Crippen LogP contribution in [0, 0.1) is 11.8 Å². The number of rotatable bonds is 5. The minimum atomic E-state index is -0.963. The van der Waals surface area contributed by atoms with Gasteiger partial charge in [-0.25, -0.2) is 4.98 Å². The molecule has 2 amide bonds. The van der Waals surface area contributed by atoms with E-state index in [1.54, 1.807) is 6.07 Å². The molecule has 1 aromatic heterocycles. The Morgan fingerprint density at radius 3 is 2.73 bits per heavy atom. The number of carbonyl (C=O) groups is 2. The number of nitrogens with one attached hydrogen (secondary N) is 2. The molecule has 0 spiro atoms. The highest BCUT2D eigenvalue weighted by Gasteiger charge is 2.40. The Kier molecular flexibility index (Phi) is 4.59. The summed E-state index contributed by atoms with van der Waals surface area (Å²) < 4.78 is 0. The lowest BCUT2D eigenvalue weighted by atomic mass is 9.95. The van der Waals surface area contributed by atoms with E-state index >= 15 is 0 Å². The molecule has 3 unspecified atom stereocenters. The summed E-state index contributed by atoms with van der Waals surface area (Å²) in [6, 6.07) is 10.2. The molecule has 2 aromatic rings. The van der Waals surface area contributed by atoms with Gasteiger partial charge < -0.3 is 15.7 Å². The van der Waals surface area contributed by atoms with Gasteiger partial charge in [0.05, 0.1) is 12.1 Å². The maximum Gasteiger partial charge on any atom is 0.270 e. The molecule has 4 rings (SSSR count). The Morgan fingerprint density at radius 1 is 1.15 bits per heavy atom. The fourth-order valence-electron chi connectivity index (χ4n) is 4.32. The minimum Gasteiger partial charge on any atom is -0.394 e. The van der Waals surface area contributed by atoms with Gasteiger partial charge in [0.25, 0.3) is 5.91 Å². The van der Waals surface area contributed by atoms with Crippen LogP contribution in [-0.2, 0) is 4.79 Å². The molecule has 2 bridgehead atoms. The zero-order valence-corrected chi connectivity index (χ0v) is 14.5. The largest absolute Gasteiger partial charge is 0.394 e. The molecule has 1 aromatic carbocycles. The van der Waals surface area contributed by atoms with E-state index in [2.05, 4.69) is 15.6 Å². The lowest BCUT2D eigenvalue weighted by Gasteiger charge is -2.25. The molecule has 0 aliphatic heterocycles. The summed E-state index contributed by atoms with van der Waals surface area (Å²) in [6.45, 7) is -0.439. The molecule has 6 nitrogen and oxygen atoms in total. The average molecular weight is 353 g/mol. The van der Waals surface area contributed by atoms with E-state index in [-0.39, 0.29) is 17.6 Å². The Morgan fingerprint density at radius 2 is 2.00 bits per heavy atom. The van der Waals surface area contributed by atoms with Crippen LogP contribution in [0.3, 0.4) is 0 Å². The first-order valence-corrected chi connectivity index (χ1v) is 9.22. The van der Waals surface area contributed by atoms with E-state index in [0.717, 1.165) is 18.2 Å². The Labute approximate surface area is 152 Å². The van der Waals surface area contributed by atoms with Gasteiger partial charge in [-0.05, 0) is 43.2 Å². The van der Waals surface area contributed by atoms with E-state index in [1.807, 2.05) is 30.3 Å². The molecule has 2 fully saturated rings. The normalized spacial score (nSPS) is 25.2. The number of aliphatic hydroxyl groups excluding tert-OH is 1. The predicted molar refractivity (Wildman–Crippen MR) is 97.5 cm³/mol. The number of amides is 2. The Balaban J connectivity index is 1.41. The number of pyridine rings is 1. The lowest BCUT2D eigenvalue weighted by molar-refractivity contribution is -0.124. The highest BCUT2D eigenvalue weighted by atomic mass is 16.3. The van der Waals surface area contributed by atoms with Crippen molar-refractivity contribution in [3.63, 3.8) is 0 Å². The zero-order valence-electron chi connectivity index (χ0n) is 14.5. The van der Waals surface area contributed by atoms with Crippen LogP contribution in [0.5, 0.6) is 0 Å². The number of para-hydroxylation sites is 1. The van der Waals surface area contributed by atoms with E-state index < -0.39 is 18.6 Å². The summed E-state index contributed by atoms with van der Waals surface area (Å²) in [5.41, 5.74) is 0.946. The molecule has 1 heterocycles. The molecule has 2 saturated carbocycles. The van der Waals surface area contributed by atoms with Crippen molar-refractivity contribution in [1.29, 1.82) is 0 Å². The van der Waals surface area contributed by atoms with Crippen LogP contribution in [-0.4, -0.2) is 40.6 Å². The Hall–Kier alpha value is -2.47. The molecule has 4 atom stereocenters. The molecule has 0 radical (unpaired) electrons. The number of carbonyl (C=O) groups excluding carboxylic acids is 2. The van der Waals surface area contributed by atoms with Gasteiger partial charge in [0.15, 0.2) is 0 Å². The van der Waals surface area contributed by atoms with Crippen LogP contribution in [0.1, 0.15) is 36.2 Å². The molecule has 136 valence electrons. The predicted octanol–water partition coefficient (Wildman–Crippen LogP) is 1.63. The van der Waals surface area contributed by atoms with Gasteiger partial charge in [-0.3, -0.25) is 9.59 Å². The highest BCUT2D eigenvalue weighted by molar-refractivity contribution is 5.97.